The lowest BCUT2D eigenvalue weighted by Gasteiger charge is -2.07. The molecule has 0 spiro atoms. The maximum absolute atomic E-state index is 12.0. The summed E-state index contributed by atoms with van der Waals surface area (Å²) in [6.07, 6.45) is 0.108. The Balaban J connectivity index is 1.76. The van der Waals surface area contributed by atoms with Crippen molar-refractivity contribution < 1.29 is 13.2 Å². The number of thiophene rings is 1. The van der Waals surface area contributed by atoms with Crippen molar-refractivity contribution in [3.63, 3.8) is 0 Å². The molecule has 0 radical (unpaired) electrons. The molecule has 0 aliphatic heterocycles. The zero-order valence-corrected chi connectivity index (χ0v) is 13.8. The van der Waals surface area contributed by atoms with Gasteiger partial charge in [-0.15, -0.1) is 11.3 Å². The van der Waals surface area contributed by atoms with Crippen LogP contribution in [0.25, 0.3) is 0 Å². The van der Waals surface area contributed by atoms with E-state index in [4.69, 9.17) is 0 Å². The summed E-state index contributed by atoms with van der Waals surface area (Å²) in [4.78, 5) is 13.0. The van der Waals surface area contributed by atoms with E-state index in [0.29, 0.717) is 6.54 Å². The topological polar surface area (TPSA) is 75.3 Å². The lowest BCUT2D eigenvalue weighted by molar-refractivity contribution is -0.121. The molecular formula is C15H18N2O3S2. The maximum atomic E-state index is 12.0. The molecule has 118 valence electrons. The second kappa shape index (κ2) is 7.53. The molecule has 1 aromatic heterocycles. The van der Waals surface area contributed by atoms with E-state index in [1.165, 1.54) is 12.1 Å². The second-order valence-corrected chi connectivity index (χ2v) is 7.53. The van der Waals surface area contributed by atoms with Crippen LogP contribution in [0.3, 0.4) is 0 Å². The molecular weight excluding hydrogens is 320 g/mol. The van der Waals surface area contributed by atoms with Crippen LogP contribution in [0.15, 0.2) is 46.7 Å². The van der Waals surface area contributed by atoms with Gasteiger partial charge in [-0.1, -0.05) is 18.2 Å². The van der Waals surface area contributed by atoms with Crippen molar-refractivity contribution in [1.82, 2.24) is 10.0 Å². The van der Waals surface area contributed by atoms with Crippen LogP contribution in [0.4, 0.5) is 0 Å². The van der Waals surface area contributed by atoms with Gasteiger partial charge in [-0.3, -0.25) is 4.79 Å². The molecule has 0 unspecified atom stereocenters. The van der Waals surface area contributed by atoms with Gasteiger partial charge in [0.15, 0.2) is 0 Å². The molecule has 1 heterocycles. The monoisotopic (exact) mass is 338 g/mol. The summed E-state index contributed by atoms with van der Waals surface area (Å²) in [5, 5.41) is 4.77. The van der Waals surface area contributed by atoms with Gasteiger partial charge in [-0.2, -0.15) is 0 Å². The Morgan fingerprint density at radius 1 is 1.18 bits per heavy atom. The molecule has 2 N–H and O–H groups in total. The number of amides is 1. The molecule has 0 atom stereocenters. The molecule has 1 aromatic carbocycles. The number of rotatable bonds is 7. The average Bonchev–Trinajstić information content (AvgIpc) is 2.91. The lowest BCUT2D eigenvalue weighted by atomic mass is 10.3. The fourth-order valence-electron chi connectivity index (χ4n) is 1.83. The van der Waals surface area contributed by atoms with Gasteiger partial charge < -0.3 is 5.32 Å². The van der Waals surface area contributed by atoms with Gasteiger partial charge in [0.2, 0.25) is 15.9 Å². The largest absolute Gasteiger partial charge is 0.351 e. The SMILES string of the molecule is Cc1ccsc1CNC(=O)CCNS(=O)(=O)c1ccccc1. The van der Waals surface area contributed by atoms with E-state index in [1.807, 2.05) is 18.4 Å². The fraction of sp³-hybridized carbons (Fsp3) is 0.267. The predicted octanol–water partition coefficient (Wildman–Crippen LogP) is 2.04. The Morgan fingerprint density at radius 2 is 1.91 bits per heavy atom. The molecule has 5 nitrogen and oxygen atoms in total. The third kappa shape index (κ3) is 4.66. The molecule has 1 amide bonds. The average molecular weight is 338 g/mol. The first-order valence-corrected chi connectivity index (χ1v) is 9.20. The van der Waals surface area contributed by atoms with Crippen molar-refractivity contribution in [3.8, 4) is 0 Å². The zero-order valence-electron chi connectivity index (χ0n) is 12.2. The predicted molar refractivity (Wildman–Crippen MR) is 87.2 cm³/mol. The minimum atomic E-state index is -3.55. The van der Waals surface area contributed by atoms with Crippen LogP contribution in [0.2, 0.25) is 0 Å². The smallest absolute Gasteiger partial charge is 0.240 e. The standard InChI is InChI=1S/C15H18N2O3S2/c1-12-8-10-21-14(12)11-16-15(18)7-9-17-22(19,20)13-5-3-2-4-6-13/h2-6,8,10,17H,7,9,11H2,1H3,(H,16,18). The molecule has 0 aliphatic carbocycles. The van der Waals surface area contributed by atoms with Gasteiger partial charge in [0, 0.05) is 17.8 Å². The van der Waals surface area contributed by atoms with Crippen LogP contribution in [0.5, 0.6) is 0 Å². The maximum Gasteiger partial charge on any atom is 0.240 e. The van der Waals surface area contributed by atoms with Crippen molar-refractivity contribution in [2.24, 2.45) is 0 Å². The molecule has 0 bridgehead atoms. The number of carbonyl (C=O) groups excluding carboxylic acids is 1. The summed E-state index contributed by atoms with van der Waals surface area (Å²) in [7, 11) is -3.55. The van der Waals surface area contributed by atoms with Crippen LogP contribution >= 0.6 is 11.3 Å². The number of benzene rings is 1. The third-order valence-electron chi connectivity index (χ3n) is 3.11. The van der Waals surface area contributed by atoms with E-state index in [2.05, 4.69) is 10.0 Å². The number of hydrogen-bond donors (Lipinski definition) is 2. The molecule has 0 fully saturated rings. The minimum Gasteiger partial charge on any atom is -0.351 e. The highest BCUT2D eigenvalue weighted by Gasteiger charge is 2.13. The van der Waals surface area contributed by atoms with Gasteiger partial charge in [0.05, 0.1) is 11.4 Å². The van der Waals surface area contributed by atoms with Gasteiger partial charge in [-0.25, -0.2) is 13.1 Å². The van der Waals surface area contributed by atoms with E-state index >= 15 is 0 Å². The summed E-state index contributed by atoms with van der Waals surface area (Å²) in [5.74, 6) is -0.177. The number of carbonyl (C=O) groups is 1. The first-order chi connectivity index (χ1) is 10.5. The van der Waals surface area contributed by atoms with Crippen LogP contribution in [0, 0.1) is 6.92 Å². The molecule has 2 aromatic rings. The first-order valence-electron chi connectivity index (χ1n) is 6.83. The molecule has 7 heteroatoms. The molecule has 0 saturated carbocycles. The van der Waals surface area contributed by atoms with Crippen LogP contribution < -0.4 is 10.0 Å². The summed E-state index contributed by atoms with van der Waals surface area (Å²) < 4.78 is 26.3. The van der Waals surface area contributed by atoms with Gasteiger partial charge in [0.25, 0.3) is 0 Å². The van der Waals surface area contributed by atoms with Gasteiger partial charge >= 0.3 is 0 Å². The van der Waals surface area contributed by atoms with Crippen molar-refractivity contribution in [1.29, 1.82) is 0 Å². The Bertz CT molecular complexity index is 724. The highest BCUT2D eigenvalue weighted by Crippen LogP contribution is 2.14. The van der Waals surface area contributed by atoms with Gasteiger partial charge in [0.1, 0.15) is 0 Å². The number of aryl methyl sites for hydroxylation is 1. The molecule has 22 heavy (non-hydrogen) atoms. The van der Waals surface area contributed by atoms with E-state index in [-0.39, 0.29) is 23.8 Å². The third-order valence-corrected chi connectivity index (χ3v) is 5.61. The Morgan fingerprint density at radius 3 is 2.55 bits per heavy atom. The quantitative estimate of drug-likeness (QED) is 0.811. The van der Waals surface area contributed by atoms with Crippen molar-refractivity contribution in [3.05, 3.63) is 52.2 Å². The Hall–Kier alpha value is -1.70. The number of hydrogen-bond acceptors (Lipinski definition) is 4. The van der Waals surface area contributed by atoms with E-state index < -0.39 is 10.0 Å². The normalized spacial score (nSPS) is 11.3. The van der Waals surface area contributed by atoms with E-state index in [1.54, 1.807) is 29.5 Å². The lowest BCUT2D eigenvalue weighted by Crippen LogP contribution is -2.30. The van der Waals surface area contributed by atoms with Crippen molar-refractivity contribution in [2.75, 3.05) is 6.54 Å². The number of nitrogens with one attached hydrogen (secondary N) is 2. The summed E-state index contributed by atoms with van der Waals surface area (Å²) in [6.45, 7) is 2.55. The zero-order chi connectivity index (χ0) is 16.0. The molecule has 0 saturated heterocycles. The fourth-order valence-corrected chi connectivity index (χ4v) is 3.73. The van der Waals surface area contributed by atoms with Crippen LogP contribution in [-0.2, 0) is 21.4 Å². The Labute approximate surface area is 134 Å². The molecule has 2 rings (SSSR count). The van der Waals surface area contributed by atoms with Crippen molar-refractivity contribution in [2.45, 2.75) is 24.8 Å². The minimum absolute atomic E-state index is 0.0759. The summed E-state index contributed by atoms with van der Waals surface area (Å²) in [6, 6.07) is 10.1. The Kier molecular flexibility index (Phi) is 5.70. The highest BCUT2D eigenvalue weighted by atomic mass is 32.2. The highest BCUT2D eigenvalue weighted by molar-refractivity contribution is 7.89. The second-order valence-electron chi connectivity index (χ2n) is 4.76. The number of sulfonamides is 1. The van der Waals surface area contributed by atoms with Crippen molar-refractivity contribution >= 4 is 27.3 Å². The van der Waals surface area contributed by atoms with Crippen LogP contribution in [0.1, 0.15) is 16.9 Å². The van der Waals surface area contributed by atoms with Gasteiger partial charge in [-0.05, 0) is 36.1 Å². The van der Waals surface area contributed by atoms with Crippen LogP contribution in [-0.4, -0.2) is 20.9 Å². The summed E-state index contributed by atoms with van der Waals surface area (Å²) >= 11 is 1.59. The molecule has 0 aliphatic rings. The summed E-state index contributed by atoms with van der Waals surface area (Å²) in [5.41, 5.74) is 1.15. The van der Waals surface area contributed by atoms with E-state index in [9.17, 15) is 13.2 Å². The first kappa shape index (κ1) is 16.7. The van der Waals surface area contributed by atoms with E-state index in [0.717, 1.165) is 10.4 Å².